The van der Waals surface area contributed by atoms with Gasteiger partial charge in [-0.3, -0.25) is 4.72 Å². The van der Waals surface area contributed by atoms with E-state index < -0.39 is 10.0 Å². The van der Waals surface area contributed by atoms with Gasteiger partial charge in [-0.1, -0.05) is 19.3 Å². The number of sulfonamides is 1. The fourth-order valence-electron chi connectivity index (χ4n) is 2.33. The van der Waals surface area contributed by atoms with Crippen molar-refractivity contribution in [3.05, 3.63) is 18.3 Å². The maximum atomic E-state index is 12.0. The second-order valence-electron chi connectivity index (χ2n) is 4.76. The monoisotopic (exact) mass is 270 g/mol. The van der Waals surface area contributed by atoms with E-state index in [0.717, 1.165) is 25.7 Å². The fourth-order valence-corrected chi connectivity index (χ4v) is 3.82. The predicted molar refractivity (Wildman–Crippen MR) is 69.9 cm³/mol. The van der Waals surface area contributed by atoms with Crippen molar-refractivity contribution >= 4 is 15.8 Å². The van der Waals surface area contributed by atoms with Gasteiger partial charge in [0.1, 0.15) is 0 Å². The van der Waals surface area contributed by atoms with Gasteiger partial charge in [-0.05, 0) is 30.9 Å². The van der Waals surface area contributed by atoms with Crippen molar-refractivity contribution in [2.24, 2.45) is 5.92 Å². The number of hydrogen-bond acceptors (Lipinski definition) is 4. The SMILES string of the molecule is O=S(=O)(CC1CCCCC1)Nc1ncccc1O. The molecule has 0 aliphatic heterocycles. The third-order valence-corrected chi connectivity index (χ3v) is 4.63. The molecule has 18 heavy (non-hydrogen) atoms. The van der Waals surface area contributed by atoms with Crippen LogP contribution in [0, 0.1) is 5.92 Å². The second-order valence-corrected chi connectivity index (χ2v) is 6.53. The van der Waals surface area contributed by atoms with Crippen LogP contribution in [-0.2, 0) is 10.0 Å². The summed E-state index contributed by atoms with van der Waals surface area (Å²) >= 11 is 0. The first kappa shape index (κ1) is 13.1. The molecule has 1 fully saturated rings. The predicted octanol–water partition coefficient (Wildman–Crippen LogP) is 2.11. The Balaban J connectivity index is 2.01. The van der Waals surface area contributed by atoms with Crippen LogP contribution in [0.5, 0.6) is 5.75 Å². The van der Waals surface area contributed by atoms with E-state index in [1.807, 2.05) is 0 Å². The third-order valence-electron chi connectivity index (χ3n) is 3.22. The summed E-state index contributed by atoms with van der Waals surface area (Å²) in [5.41, 5.74) is 0. The molecule has 0 aromatic carbocycles. The van der Waals surface area contributed by atoms with E-state index in [9.17, 15) is 13.5 Å². The number of aromatic nitrogens is 1. The highest BCUT2D eigenvalue weighted by atomic mass is 32.2. The van der Waals surface area contributed by atoms with Crippen molar-refractivity contribution in [2.45, 2.75) is 32.1 Å². The quantitative estimate of drug-likeness (QED) is 0.878. The summed E-state index contributed by atoms with van der Waals surface area (Å²) in [5, 5.41) is 9.49. The Morgan fingerprint density at radius 1 is 1.33 bits per heavy atom. The van der Waals surface area contributed by atoms with Gasteiger partial charge in [-0.15, -0.1) is 0 Å². The summed E-state index contributed by atoms with van der Waals surface area (Å²) < 4.78 is 26.3. The summed E-state index contributed by atoms with van der Waals surface area (Å²) in [6.45, 7) is 0. The molecule has 0 unspecified atom stereocenters. The topological polar surface area (TPSA) is 79.3 Å². The Hall–Kier alpha value is -1.30. The molecule has 0 bridgehead atoms. The molecule has 0 radical (unpaired) electrons. The van der Waals surface area contributed by atoms with E-state index in [4.69, 9.17) is 0 Å². The minimum atomic E-state index is -3.43. The molecule has 0 saturated heterocycles. The zero-order valence-electron chi connectivity index (χ0n) is 10.2. The van der Waals surface area contributed by atoms with Gasteiger partial charge in [0.05, 0.1) is 5.75 Å². The molecular weight excluding hydrogens is 252 g/mol. The highest BCUT2D eigenvalue weighted by Gasteiger charge is 2.22. The van der Waals surface area contributed by atoms with E-state index >= 15 is 0 Å². The molecular formula is C12H18N2O3S. The molecule has 0 amide bonds. The van der Waals surface area contributed by atoms with Gasteiger partial charge < -0.3 is 5.11 Å². The lowest BCUT2D eigenvalue weighted by Gasteiger charge is -2.21. The van der Waals surface area contributed by atoms with Crippen LogP contribution >= 0.6 is 0 Å². The maximum Gasteiger partial charge on any atom is 0.234 e. The summed E-state index contributed by atoms with van der Waals surface area (Å²) in [4.78, 5) is 3.82. The molecule has 2 rings (SSSR count). The van der Waals surface area contributed by atoms with Gasteiger partial charge in [-0.2, -0.15) is 0 Å². The van der Waals surface area contributed by atoms with Crippen molar-refractivity contribution in [1.29, 1.82) is 0 Å². The van der Waals surface area contributed by atoms with Gasteiger partial charge in [-0.25, -0.2) is 13.4 Å². The number of nitrogens with one attached hydrogen (secondary N) is 1. The Morgan fingerprint density at radius 3 is 2.72 bits per heavy atom. The van der Waals surface area contributed by atoms with E-state index in [2.05, 4.69) is 9.71 Å². The molecule has 2 N–H and O–H groups in total. The molecule has 1 aliphatic carbocycles. The van der Waals surface area contributed by atoms with E-state index in [0.29, 0.717) is 0 Å². The largest absolute Gasteiger partial charge is 0.504 e. The minimum Gasteiger partial charge on any atom is -0.504 e. The third kappa shape index (κ3) is 3.60. The molecule has 0 spiro atoms. The standard InChI is InChI=1S/C12H18N2O3S/c15-11-7-4-8-13-12(11)14-18(16,17)9-10-5-2-1-3-6-10/h4,7-8,10,15H,1-3,5-6,9H2,(H,13,14). The molecule has 0 atom stereocenters. The van der Waals surface area contributed by atoms with Crippen LogP contribution in [0.3, 0.4) is 0 Å². The molecule has 6 heteroatoms. The van der Waals surface area contributed by atoms with Crippen molar-refractivity contribution in [1.82, 2.24) is 4.98 Å². The number of anilines is 1. The maximum absolute atomic E-state index is 12.0. The van der Waals surface area contributed by atoms with Crippen LogP contribution in [-0.4, -0.2) is 24.3 Å². The number of aromatic hydroxyl groups is 1. The second kappa shape index (κ2) is 5.56. The summed E-state index contributed by atoms with van der Waals surface area (Å²) in [5.74, 6) is 0.198. The van der Waals surface area contributed by atoms with Crippen molar-refractivity contribution in [3.8, 4) is 5.75 Å². The summed E-state index contributed by atoms with van der Waals surface area (Å²) in [6, 6.07) is 2.96. The molecule has 1 saturated carbocycles. The molecule has 1 heterocycles. The van der Waals surface area contributed by atoms with Crippen molar-refractivity contribution < 1.29 is 13.5 Å². The summed E-state index contributed by atoms with van der Waals surface area (Å²) in [6.07, 6.45) is 6.79. The van der Waals surface area contributed by atoms with E-state index in [-0.39, 0.29) is 23.2 Å². The highest BCUT2D eigenvalue weighted by molar-refractivity contribution is 7.92. The fraction of sp³-hybridized carbons (Fsp3) is 0.583. The number of pyridine rings is 1. The number of hydrogen-bond donors (Lipinski definition) is 2. The van der Waals surface area contributed by atoms with Crippen LogP contribution < -0.4 is 4.72 Å². The van der Waals surface area contributed by atoms with E-state index in [1.54, 1.807) is 6.07 Å². The van der Waals surface area contributed by atoms with Crippen molar-refractivity contribution in [3.63, 3.8) is 0 Å². The van der Waals surface area contributed by atoms with Gasteiger partial charge >= 0.3 is 0 Å². The van der Waals surface area contributed by atoms with Gasteiger partial charge in [0.15, 0.2) is 11.6 Å². The Labute approximate surface area is 107 Å². The first-order chi connectivity index (χ1) is 8.57. The Morgan fingerprint density at radius 2 is 2.06 bits per heavy atom. The zero-order chi connectivity index (χ0) is 13.0. The first-order valence-corrected chi connectivity index (χ1v) is 7.86. The average molecular weight is 270 g/mol. The molecule has 5 nitrogen and oxygen atoms in total. The van der Waals surface area contributed by atoms with Crippen LogP contribution in [0.25, 0.3) is 0 Å². The molecule has 100 valence electrons. The minimum absolute atomic E-state index is 0.00769. The normalized spacial score (nSPS) is 17.6. The summed E-state index contributed by atoms with van der Waals surface area (Å²) in [7, 11) is -3.43. The average Bonchev–Trinajstić information content (AvgIpc) is 2.32. The number of rotatable bonds is 4. The smallest absolute Gasteiger partial charge is 0.234 e. The molecule has 1 aromatic heterocycles. The van der Waals surface area contributed by atoms with Crippen LogP contribution in [0.15, 0.2) is 18.3 Å². The van der Waals surface area contributed by atoms with Gasteiger partial charge in [0, 0.05) is 6.20 Å². The van der Waals surface area contributed by atoms with Gasteiger partial charge in [0.2, 0.25) is 10.0 Å². The Bertz CT molecular complexity index is 496. The lowest BCUT2D eigenvalue weighted by Crippen LogP contribution is -2.24. The van der Waals surface area contributed by atoms with Crippen LogP contribution in [0.2, 0.25) is 0 Å². The number of nitrogens with zero attached hydrogens (tertiary/aromatic N) is 1. The van der Waals surface area contributed by atoms with E-state index in [1.165, 1.54) is 18.7 Å². The lowest BCUT2D eigenvalue weighted by molar-refractivity contribution is 0.385. The molecule has 1 aliphatic rings. The Kier molecular flexibility index (Phi) is 4.06. The first-order valence-electron chi connectivity index (χ1n) is 6.21. The van der Waals surface area contributed by atoms with Crippen molar-refractivity contribution in [2.75, 3.05) is 10.5 Å². The highest BCUT2D eigenvalue weighted by Crippen LogP contribution is 2.26. The lowest BCUT2D eigenvalue weighted by atomic mass is 9.91. The van der Waals surface area contributed by atoms with Crippen LogP contribution in [0.4, 0.5) is 5.82 Å². The van der Waals surface area contributed by atoms with Crippen LogP contribution in [0.1, 0.15) is 32.1 Å². The van der Waals surface area contributed by atoms with Gasteiger partial charge in [0.25, 0.3) is 0 Å². The molecule has 1 aromatic rings. The zero-order valence-corrected chi connectivity index (χ0v) is 11.0.